The van der Waals surface area contributed by atoms with Gasteiger partial charge in [0.25, 0.3) is 10.0 Å². The highest BCUT2D eigenvalue weighted by Gasteiger charge is 2.30. The Kier molecular flexibility index (Phi) is 4.60. The van der Waals surface area contributed by atoms with Crippen LogP contribution in [0.2, 0.25) is 0 Å². The number of halogens is 3. The number of aromatic nitrogens is 3. The molecule has 0 aliphatic heterocycles. The van der Waals surface area contributed by atoms with Gasteiger partial charge in [-0.15, -0.1) is 3.77 Å². The minimum Gasteiger partial charge on any atom is -0.248 e. The lowest BCUT2D eigenvalue weighted by Gasteiger charge is -2.07. The molecule has 0 aliphatic rings. The molecule has 0 saturated carbocycles. The first kappa shape index (κ1) is 17.9. The Morgan fingerprint density at radius 1 is 1.16 bits per heavy atom. The van der Waals surface area contributed by atoms with Gasteiger partial charge < -0.3 is 0 Å². The monoisotopic (exact) mass is 406 g/mol. The van der Waals surface area contributed by atoms with Crippen molar-refractivity contribution in [1.82, 2.24) is 13.7 Å². The predicted molar refractivity (Wildman–Crippen MR) is 87.8 cm³/mol. The topological polar surface area (TPSA) is 85.2 Å². The number of benzene rings is 1. The molecule has 0 N–H and O–H groups in total. The summed E-state index contributed by atoms with van der Waals surface area (Å²) in [6.45, 7) is 0. The lowest BCUT2D eigenvalue weighted by Crippen LogP contribution is -2.07. The van der Waals surface area contributed by atoms with Crippen LogP contribution in [0.5, 0.6) is 0 Å². The van der Waals surface area contributed by atoms with Crippen molar-refractivity contribution in [2.45, 2.75) is 16.1 Å². The molecule has 6 nitrogen and oxygen atoms in total. The second kappa shape index (κ2) is 6.42. The van der Waals surface area contributed by atoms with E-state index in [0.29, 0.717) is 11.7 Å². The zero-order valence-corrected chi connectivity index (χ0v) is 14.9. The van der Waals surface area contributed by atoms with Crippen LogP contribution < -0.4 is 0 Å². The number of rotatable bonds is 3. The Morgan fingerprint density at radius 2 is 1.92 bits per heavy atom. The van der Waals surface area contributed by atoms with Crippen LogP contribution in [0.1, 0.15) is 5.56 Å². The first-order valence-corrected chi connectivity index (χ1v) is 10.3. The Balaban J connectivity index is 2.00. The molecule has 0 radical (unpaired) electrons. The van der Waals surface area contributed by atoms with Crippen LogP contribution >= 0.6 is 11.7 Å². The molecule has 0 spiro atoms. The van der Waals surface area contributed by atoms with Crippen molar-refractivity contribution in [1.29, 1.82) is 0 Å². The second-order valence-electron chi connectivity index (χ2n) is 4.80. The lowest BCUT2D eigenvalue weighted by atomic mass is 10.3. The number of pyridine rings is 1. The highest BCUT2D eigenvalue weighted by Crippen LogP contribution is 2.29. The molecule has 0 amide bonds. The molecule has 1 aromatic carbocycles. The van der Waals surface area contributed by atoms with Gasteiger partial charge in [-0.2, -0.15) is 30.3 Å². The van der Waals surface area contributed by atoms with E-state index in [1.807, 2.05) is 0 Å². The van der Waals surface area contributed by atoms with Gasteiger partial charge in [0.1, 0.15) is 21.0 Å². The van der Waals surface area contributed by atoms with Crippen molar-refractivity contribution in [3.63, 3.8) is 0 Å². The zero-order valence-electron chi connectivity index (χ0n) is 12.4. The maximum Gasteiger partial charge on any atom is 0.417 e. The number of fused-ring (bicyclic) bond motifs is 1. The number of nitrogens with zero attached hydrogens (tertiary/aromatic N) is 4. The van der Waals surface area contributed by atoms with E-state index >= 15 is 0 Å². The van der Waals surface area contributed by atoms with Gasteiger partial charge in [0, 0.05) is 6.20 Å². The fourth-order valence-corrected chi connectivity index (χ4v) is 5.46. The van der Waals surface area contributed by atoms with Gasteiger partial charge in [-0.3, -0.25) is 0 Å². The van der Waals surface area contributed by atoms with Crippen LogP contribution in [-0.4, -0.2) is 28.4 Å². The molecule has 132 valence electrons. The minimum absolute atomic E-state index is 0.0926. The molecular weight excluding hydrogens is 397 g/mol. The Morgan fingerprint density at radius 3 is 2.56 bits per heavy atom. The molecule has 25 heavy (non-hydrogen) atoms. The summed E-state index contributed by atoms with van der Waals surface area (Å²) in [6, 6.07) is 6.48. The first-order valence-electron chi connectivity index (χ1n) is 6.57. The fourth-order valence-electron chi connectivity index (χ4n) is 1.94. The summed E-state index contributed by atoms with van der Waals surface area (Å²) < 4.78 is 74.4. The van der Waals surface area contributed by atoms with E-state index in [0.717, 1.165) is 23.9 Å². The standard InChI is InChI=1S/C13H9F3N4O2S3/c1-24(11-6-5-8(7-17-11)13(14,15)16)20-25(21,22)10-4-2-3-9-12(10)19-23-18-9/h2-7H,1H3/t24-/m0/s1. The van der Waals surface area contributed by atoms with Crippen molar-refractivity contribution >= 4 is 43.5 Å². The van der Waals surface area contributed by atoms with Crippen molar-refractivity contribution in [3.8, 4) is 0 Å². The molecule has 2 heterocycles. The molecular formula is C13H9F3N4O2S3. The molecule has 0 unspecified atom stereocenters. The van der Waals surface area contributed by atoms with Gasteiger partial charge in [-0.25, -0.2) is 4.98 Å². The van der Waals surface area contributed by atoms with E-state index < -0.39 is 32.5 Å². The van der Waals surface area contributed by atoms with Crippen molar-refractivity contribution < 1.29 is 21.6 Å². The summed E-state index contributed by atoms with van der Waals surface area (Å²) in [4.78, 5) is 3.59. The van der Waals surface area contributed by atoms with Crippen LogP contribution in [0, 0.1) is 0 Å². The maximum atomic E-state index is 12.6. The minimum atomic E-state index is -4.51. The largest absolute Gasteiger partial charge is 0.417 e. The van der Waals surface area contributed by atoms with Crippen LogP contribution in [0.3, 0.4) is 0 Å². The average molecular weight is 406 g/mol. The Bertz CT molecular complexity index is 1060. The third-order valence-electron chi connectivity index (χ3n) is 3.10. The molecule has 3 rings (SSSR count). The van der Waals surface area contributed by atoms with E-state index in [-0.39, 0.29) is 15.4 Å². The summed E-state index contributed by atoms with van der Waals surface area (Å²) in [5.41, 5.74) is -0.257. The van der Waals surface area contributed by atoms with Crippen LogP contribution in [0.4, 0.5) is 13.2 Å². The molecule has 0 saturated heterocycles. The molecule has 0 fully saturated rings. The van der Waals surface area contributed by atoms with Crippen LogP contribution in [0.15, 0.2) is 50.2 Å². The number of alkyl halides is 3. The number of sulfonamides is 1. The van der Waals surface area contributed by atoms with Gasteiger partial charge in [0.05, 0.1) is 17.3 Å². The fraction of sp³-hybridized carbons (Fsp3) is 0.154. The van der Waals surface area contributed by atoms with Crippen molar-refractivity contribution in [3.05, 3.63) is 42.1 Å². The second-order valence-corrected chi connectivity index (χ2v) is 8.69. The SMILES string of the molecule is C[S@](=NS(=O)(=O)c1cccc2nsnc12)c1ccc(C(F)(F)F)cn1. The lowest BCUT2D eigenvalue weighted by molar-refractivity contribution is -0.137. The summed E-state index contributed by atoms with van der Waals surface area (Å²) >= 11 is 0.880. The maximum absolute atomic E-state index is 12.6. The van der Waals surface area contributed by atoms with Gasteiger partial charge in [0.2, 0.25) is 0 Å². The average Bonchev–Trinajstić information content (AvgIpc) is 3.02. The van der Waals surface area contributed by atoms with Crippen molar-refractivity contribution in [2.24, 2.45) is 3.77 Å². The molecule has 12 heteroatoms. The number of hydrogen-bond donors (Lipinski definition) is 0. The van der Waals surface area contributed by atoms with E-state index in [1.165, 1.54) is 18.4 Å². The third-order valence-corrected chi connectivity index (χ3v) is 7.06. The van der Waals surface area contributed by atoms with Crippen LogP contribution in [0.25, 0.3) is 11.0 Å². The molecule has 0 bridgehead atoms. The van der Waals surface area contributed by atoms with E-state index in [1.54, 1.807) is 6.07 Å². The molecule has 2 aromatic heterocycles. The van der Waals surface area contributed by atoms with Gasteiger partial charge in [-0.1, -0.05) is 6.07 Å². The zero-order chi connectivity index (χ0) is 18.2. The first-order chi connectivity index (χ1) is 11.7. The van der Waals surface area contributed by atoms with Gasteiger partial charge in [0.15, 0.2) is 0 Å². The van der Waals surface area contributed by atoms with Crippen molar-refractivity contribution in [2.75, 3.05) is 6.26 Å². The summed E-state index contributed by atoms with van der Waals surface area (Å²) in [6.07, 6.45) is -2.38. The Labute approximate surface area is 147 Å². The Hall–Kier alpha value is -1.92. The highest BCUT2D eigenvalue weighted by atomic mass is 32.3. The molecule has 0 aliphatic carbocycles. The molecule has 3 aromatic rings. The predicted octanol–water partition coefficient (Wildman–Crippen LogP) is 3.28. The van der Waals surface area contributed by atoms with E-state index in [9.17, 15) is 21.6 Å². The van der Waals surface area contributed by atoms with E-state index in [4.69, 9.17) is 0 Å². The normalized spacial score (nSPS) is 14.1. The summed E-state index contributed by atoms with van der Waals surface area (Å²) in [5, 5.41) is 0.139. The third kappa shape index (κ3) is 3.70. The summed E-state index contributed by atoms with van der Waals surface area (Å²) in [5.74, 6) is 0. The quantitative estimate of drug-likeness (QED) is 0.666. The smallest absolute Gasteiger partial charge is 0.248 e. The number of hydrogen-bond acceptors (Lipinski definition) is 6. The highest BCUT2D eigenvalue weighted by molar-refractivity contribution is 8.00. The van der Waals surface area contributed by atoms with E-state index in [2.05, 4.69) is 17.5 Å². The summed E-state index contributed by atoms with van der Waals surface area (Å²) in [7, 11) is -5.32. The molecule has 1 atom stereocenters. The van der Waals surface area contributed by atoms with Crippen LogP contribution in [-0.2, 0) is 26.9 Å². The van der Waals surface area contributed by atoms with Gasteiger partial charge in [-0.05, 0) is 41.2 Å². The van der Waals surface area contributed by atoms with Gasteiger partial charge >= 0.3 is 6.18 Å².